The highest BCUT2D eigenvalue weighted by molar-refractivity contribution is 5.92. The largest absolute Gasteiger partial charge is 0.348 e. The normalized spacial score (nSPS) is 17.1. The number of nitrogens with zero attached hydrogens (tertiary/aromatic N) is 4. The van der Waals surface area contributed by atoms with Crippen molar-refractivity contribution in [1.82, 2.24) is 20.1 Å². The number of hydrogen-bond acceptors (Lipinski definition) is 5. The zero-order valence-corrected chi connectivity index (χ0v) is 13.3. The molecule has 24 heavy (non-hydrogen) atoms. The number of para-hydroxylation sites is 1. The van der Waals surface area contributed by atoms with E-state index in [9.17, 15) is 9.59 Å². The Balaban J connectivity index is 1.62. The molecule has 7 nitrogen and oxygen atoms in total. The third-order valence-corrected chi connectivity index (χ3v) is 4.69. The minimum absolute atomic E-state index is 0.111. The van der Waals surface area contributed by atoms with Crippen molar-refractivity contribution in [2.75, 3.05) is 11.4 Å². The fourth-order valence-corrected chi connectivity index (χ4v) is 3.43. The van der Waals surface area contributed by atoms with Gasteiger partial charge in [0.2, 0.25) is 11.6 Å². The van der Waals surface area contributed by atoms with Crippen LogP contribution in [0.15, 0.2) is 35.1 Å². The molecule has 2 aromatic rings. The zero-order valence-electron chi connectivity index (χ0n) is 13.3. The van der Waals surface area contributed by atoms with Crippen LogP contribution in [0.1, 0.15) is 36.2 Å². The van der Waals surface area contributed by atoms with E-state index >= 15 is 0 Å². The molecule has 1 fully saturated rings. The van der Waals surface area contributed by atoms with Crippen molar-refractivity contribution < 1.29 is 4.79 Å². The molecule has 2 aliphatic rings. The molecule has 1 aliphatic carbocycles. The summed E-state index contributed by atoms with van der Waals surface area (Å²) in [5.41, 5.74) is 0.482. The summed E-state index contributed by atoms with van der Waals surface area (Å²) in [6.07, 6.45) is 4.16. The Bertz CT molecular complexity index is 811. The van der Waals surface area contributed by atoms with Crippen LogP contribution in [0.3, 0.4) is 0 Å². The van der Waals surface area contributed by atoms with E-state index in [1.165, 1.54) is 4.57 Å². The fourth-order valence-electron chi connectivity index (χ4n) is 3.43. The Morgan fingerprint density at radius 1 is 1.08 bits per heavy atom. The van der Waals surface area contributed by atoms with Crippen LogP contribution in [0.25, 0.3) is 0 Å². The molecule has 124 valence electrons. The molecule has 0 unspecified atom stereocenters. The number of hydrogen-bond donors (Lipinski definition) is 1. The number of nitrogens with one attached hydrogen (secondary N) is 1. The molecular formula is C17H19N5O2. The lowest BCUT2D eigenvalue weighted by molar-refractivity contribution is 0.0929. The first-order valence-corrected chi connectivity index (χ1v) is 8.35. The summed E-state index contributed by atoms with van der Waals surface area (Å²) in [4.78, 5) is 26.9. The number of carbonyl (C=O) groups is 1. The average Bonchev–Trinajstić information content (AvgIpc) is 3.25. The van der Waals surface area contributed by atoms with Crippen LogP contribution in [0, 0.1) is 0 Å². The number of anilines is 2. The van der Waals surface area contributed by atoms with E-state index in [2.05, 4.69) is 15.5 Å². The summed E-state index contributed by atoms with van der Waals surface area (Å²) in [7, 11) is 0. The van der Waals surface area contributed by atoms with Gasteiger partial charge in [-0.2, -0.15) is 0 Å². The molecule has 1 saturated carbocycles. The Morgan fingerprint density at radius 3 is 2.58 bits per heavy atom. The van der Waals surface area contributed by atoms with E-state index in [0.717, 1.165) is 31.4 Å². The number of carbonyl (C=O) groups excluding carboxylic acids is 1. The van der Waals surface area contributed by atoms with Gasteiger partial charge in [-0.15, -0.1) is 10.2 Å². The standard InChI is InChI=1S/C17H19N5O2/c23-15(18-12-6-4-5-7-12)14-16(24)22-11-10-21(17(22)20-19-14)13-8-2-1-3-9-13/h1-3,8-9,12H,4-7,10-11H2,(H,18,23). The lowest BCUT2D eigenvalue weighted by Gasteiger charge is -2.16. The summed E-state index contributed by atoms with van der Waals surface area (Å²) < 4.78 is 1.53. The Hall–Kier alpha value is -2.70. The quantitative estimate of drug-likeness (QED) is 0.924. The first-order chi connectivity index (χ1) is 11.7. The van der Waals surface area contributed by atoms with Crippen LogP contribution in [0.4, 0.5) is 11.6 Å². The highest BCUT2D eigenvalue weighted by Gasteiger charge is 2.28. The van der Waals surface area contributed by atoms with Crippen LogP contribution < -0.4 is 15.8 Å². The van der Waals surface area contributed by atoms with Gasteiger partial charge in [-0.3, -0.25) is 14.2 Å². The summed E-state index contributed by atoms with van der Waals surface area (Å²) in [5.74, 6) is 0.0801. The van der Waals surface area contributed by atoms with Gasteiger partial charge in [0.25, 0.3) is 11.5 Å². The third-order valence-electron chi connectivity index (χ3n) is 4.69. The Kier molecular flexibility index (Phi) is 3.76. The maximum absolute atomic E-state index is 12.6. The van der Waals surface area contributed by atoms with Crippen molar-refractivity contribution in [3.8, 4) is 0 Å². The molecule has 0 saturated heterocycles. The maximum atomic E-state index is 12.6. The minimum atomic E-state index is -0.409. The van der Waals surface area contributed by atoms with E-state index in [-0.39, 0.29) is 17.3 Å². The van der Waals surface area contributed by atoms with Crippen LogP contribution in [0.2, 0.25) is 0 Å². The van der Waals surface area contributed by atoms with E-state index in [1.807, 2.05) is 35.2 Å². The van der Waals surface area contributed by atoms with E-state index in [4.69, 9.17) is 0 Å². The SMILES string of the molecule is O=C(NC1CCCC1)c1nnc2n(c1=O)CCN2c1ccccc1. The number of aromatic nitrogens is 3. The highest BCUT2D eigenvalue weighted by atomic mass is 16.2. The average molecular weight is 325 g/mol. The smallest absolute Gasteiger partial charge is 0.286 e. The Morgan fingerprint density at radius 2 is 1.83 bits per heavy atom. The van der Waals surface area contributed by atoms with E-state index in [0.29, 0.717) is 19.0 Å². The molecule has 1 N–H and O–H groups in total. The molecule has 1 aliphatic heterocycles. The topological polar surface area (TPSA) is 80.1 Å². The molecule has 2 heterocycles. The van der Waals surface area contributed by atoms with Gasteiger partial charge in [-0.1, -0.05) is 31.0 Å². The minimum Gasteiger partial charge on any atom is -0.348 e. The second-order valence-electron chi connectivity index (χ2n) is 6.25. The number of fused-ring (bicyclic) bond motifs is 1. The number of rotatable bonds is 3. The van der Waals surface area contributed by atoms with Crippen molar-refractivity contribution in [3.05, 3.63) is 46.4 Å². The van der Waals surface area contributed by atoms with Gasteiger partial charge >= 0.3 is 0 Å². The second kappa shape index (κ2) is 6.07. The molecule has 0 spiro atoms. The van der Waals surface area contributed by atoms with E-state index < -0.39 is 5.91 Å². The molecule has 0 atom stereocenters. The number of benzene rings is 1. The molecule has 1 amide bonds. The summed E-state index contributed by atoms with van der Waals surface area (Å²) in [5, 5.41) is 11.0. The molecular weight excluding hydrogens is 306 g/mol. The highest BCUT2D eigenvalue weighted by Crippen LogP contribution is 2.26. The lowest BCUT2D eigenvalue weighted by Crippen LogP contribution is -2.39. The van der Waals surface area contributed by atoms with Gasteiger partial charge in [0.05, 0.1) is 0 Å². The zero-order chi connectivity index (χ0) is 16.5. The summed E-state index contributed by atoms with van der Waals surface area (Å²) in [6.45, 7) is 1.14. The van der Waals surface area contributed by atoms with Crippen molar-refractivity contribution >= 4 is 17.5 Å². The van der Waals surface area contributed by atoms with Crippen molar-refractivity contribution in [3.63, 3.8) is 0 Å². The first kappa shape index (κ1) is 14.9. The van der Waals surface area contributed by atoms with Gasteiger partial charge in [0.15, 0.2) is 0 Å². The molecule has 1 aromatic heterocycles. The third kappa shape index (κ3) is 2.55. The predicted molar refractivity (Wildman–Crippen MR) is 89.5 cm³/mol. The van der Waals surface area contributed by atoms with Crippen LogP contribution in [0.5, 0.6) is 0 Å². The van der Waals surface area contributed by atoms with Crippen LogP contribution in [-0.4, -0.2) is 33.3 Å². The lowest BCUT2D eigenvalue weighted by atomic mass is 10.2. The van der Waals surface area contributed by atoms with Gasteiger partial charge in [-0.05, 0) is 25.0 Å². The van der Waals surface area contributed by atoms with Crippen LogP contribution in [-0.2, 0) is 6.54 Å². The fraction of sp³-hybridized carbons (Fsp3) is 0.412. The van der Waals surface area contributed by atoms with Crippen molar-refractivity contribution in [2.24, 2.45) is 0 Å². The van der Waals surface area contributed by atoms with E-state index in [1.54, 1.807) is 0 Å². The summed E-state index contributed by atoms with van der Waals surface area (Å²) >= 11 is 0. The van der Waals surface area contributed by atoms with Crippen LogP contribution >= 0.6 is 0 Å². The monoisotopic (exact) mass is 325 g/mol. The molecule has 7 heteroatoms. The van der Waals surface area contributed by atoms with Crippen molar-refractivity contribution in [1.29, 1.82) is 0 Å². The van der Waals surface area contributed by atoms with Gasteiger partial charge in [0.1, 0.15) is 0 Å². The van der Waals surface area contributed by atoms with Gasteiger partial charge in [-0.25, -0.2) is 0 Å². The molecule has 4 rings (SSSR count). The Labute approximate surface area is 139 Å². The number of amides is 1. The molecule has 0 radical (unpaired) electrons. The molecule has 1 aromatic carbocycles. The van der Waals surface area contributed by atoms with Gasteiger partial charge in [0, 0.05) is 24.8 Å². The van der Waals surface area contributed by atoms with Gasteiger partial charge < -0.3 is 10.2 Å². The first-order valence-electron chi connectivity index (χ1n) is 8.35. The predicted octanol–water partition coefficient (Wildman–Crippen LogP) is 1.46. The molecule has 0 bridgehead atoms. The summed E-state index contributed by atoms with van der Waals surface area (Å²) in [6, 6.07) is 9.89. The van der Waals surface area contributed by atoms with Crippen molar-refractivity contribution in [2.45, 2.75) is 38.3 Å². The second-order valence-corrected chi connectivity index (χ2v) is 6.25. The maximum Gasteiger partial charge on any atom is 0.286 e.